The summed E-state index contributed by atoms with van der Waals surface area (Å²) >= 11 is 0. The van der Waals surface area contributed by atoms with Gasteiger partial charge in [0.15, 0.2) is 0 Å². The van der Waals surface area contributed by atoms with Crippen LogP contribution in [0.2, 0.25) is 0 Å². The van der Waals surface area contributed by atoms with E-state index in [0.29, 0.717) is 18.4 Å². The first-order valence-electron chi connectivity index (χ1n) is 8.61. The highest BCUT2D eigenvalue weighted by Gasteiger charge is 2.38. The highest BCUT2D eigenvalue weighted by molar-refractivity contribution is 5.94. The lowest BCUT2D eigenvalue weighted by Crippen LogP contribution is -2.37. The van der Waals surface area contributed by atoms with Gasteiger partial charge in [-0.3, -0.25) is 9.59 Å². The standard InChI is InChI=1S/C18H23F3N2O2/c19-18(20,21)17(25)22-11-5-7-13-6-4-8-14(12-13)16(24)23-15-9-2-1-3-10-15/h4,6,8,12,15H,1-3,5,7,9-11H2,(H,22,25)(H,23,24). The van der Waals surface area contributed by atoms with Crippen LogP contribution in [0, 0.1) is 0 Å². The molecule has 138 valence electrons. The third-order valence-electron chi connectivity index (χ3n) is 4.31. The van der Waals surface area contributed by atoms with E-state index in [-0.39, 0.29) is 18.5 Å². The van der Waals surface area contributed by atoms with Crippen molar-refractivity contribution < 1.29 is 22.8 Å². The summed E-state index contributed by atoms with van der Waals surface area (Å²) in [5.41, 5.74) is 1.42. The van der Waals surface area contributed by atoms with Crippen molar-refractivity contribution in [2.24, 2.45) is 0 Å². The molecule has 1 aliphatic rings. The number of hydrogen-bond donors (Lipinski definition) is 2. The minimum absolute atomic E-state index is 0.0587. The van der Waals surface area contributed by atoms with Crippen molar-refractivity contribution in [3.8, 4) is 0 Å². The van der Waals surface area contributed by atoms with Gasteiger partial charge in [0.25, 0.3) is 5.91 Å². The fourth-order valence-corrected chi connectivity index (χ4v) is 2.98. The molecule has 1 aliphatic carbocycles. The maximum atomic E-state index is 12.3. The molecule has 1 saturated carbocycles. The SMILES string of the molecule is O=C(NC1CCCCC1)c1cccc(CCCNC(=O)C(F)(F)F)c1. The number of hydrogen-bond acceptors (Lipinski definition) is 2. The predicted molar refractivity (Wildman–Crippen MR) is 88.2 cm³/mol. The molecular formula is C18H23F3N2O2. The number of amides is 2. The fraction of sp³-hybridized carbons (Fsp3) is 0.556. The van der Waals surface area contributed by atoms with Crippen LogP contribution in [0.25, 0.3) is 0 Å². The van der Waals surface area contributed by atoms with Crippen molar-refractivity contribution in [2.45, 2.75) is 57.2 Å². The molecule has 1 aromatic rings. The Kier molecular flexibility index (Phi) is 6.84. The van der Waals surface area contributed by atoms with Gasteiger partial charge in [0, 0.05) is 18.2 Å². The molecule has 0 heterocycles. The normalized spacial score (nSPS) is 15.6. The summed E-state index contributed by atoms with van der Waals surface area (Å²) in [7, 11) is 0. The highest BCUT2D eigenvalue weighted by atomic mass is 19.4. The molecule has 0 spiro atoms. The lowest BCUT2D eigenvalue weighted by molar-refractivity contribution is -0.173. The average Bonchev–Trinajstić information content (AvgIpc) is 2.59. The van der Waals surface area contributed by atoms with Gasteiger partial charge in [-0.1, -0.05) is 31.4 Å². The molecule has 2 N–H and O–H groups in total. The second-order valence-electron chi connectivity index (χ2n) is 6.37. The van der Waals surface area contributed by atoms with Gasteiger partial charge in [-0.15, -0.1) is 0 Å². The smallest absolute Gasteiger partial charge is 0.349 e. The first-order chi connectivity index (χ1) is 11.9. The number of carbonyl (C=O) groups is 2. The van der Waals surface area contributed by atoms with Gasteiger partial charge in [-0.05, 0) is 43.4 Å². The van der Waals surface area contributed by atoms with Crippen LogP contribution >= 0.6 is 0 Å². The van der Waals surface area contributed by atoms with E-state index < -0.39 is 12.1 Å². The summed E-state index contributed by atoms with van der Waals surface area (Å²) in [4.78, 5) is 23.0. The van der Waals surface area contributed by atoms with Crippen molar-refractivity contribution >= 4 is 11.8 Å². The quantitative estimate of drug-likeness (QED) is 0.768. The maximum absolute atomic E-state index is 12.3. The number of benzene rings is 1. The summed E-state index contributed by atoms with van der Waals surface area (Å²) in [5, 5.41) is 4.88. The van der Waals surface area contributed by atoms with Crippen LogP contribution in [0.3, 0.4) is 0 Å². The van der Waals surface area contributed by atoms with Gasteiger partial charge in [-0.2, -0.15) is 13.2 Å². The monoisotopic (exact) mass is 356 g/mol. The van der Waals surface area contributed by atoms with Crippen LogP contribution in [-0.4, -0.2) is 30.6 Å². The number of rotatable bonds is 6. The number of alkyl halides is 3. The average molecular weight is 356 g/mol. The van der Waals surface area contributed by atoms with E-state index in [0.717, 1.165) is 31.2 Å². The second-order valence-corrected chi connectivity index (χ2v) is 6.37. The molecule has 0 atom stereocenters. The van der Waals surface area contributed by atoms with E-state index in [1.54, 1.807) is 18.2 Å². The molecule has 2 amide bonds. The van der Waals surface area contributed by atoms with E-state index >= 15 is 0 Å². The van der Waals surface area contributed by atoms with Crippen molar-refractivity contribution in [3.05, 3.63) is 35.4 Å². The Balaban J connectivity index is 1.80. The topological polar surface area (TPSA) is 58.2 Å². The van der Waals surface area contributed by atoms with Crippen LogP contribution in [0.1, 0.15) is 54.4 Å². The molecule has 7 heteroatoms. The Labute approximate surface area is 145 Å². The molecule has 1 aromatic carbocycles. The zero-order valence-corrected chi connectivity index (χ0v) is 14.0. The zero-order chi connectivity index (χ0) is 18.3. The van der Waals surface area contributed by atoms with Gasteiger partial charge in [0.1, 0.15) is 0 Å². The lowest BCUT2D eigenvalue weighted by atomic mass is 9.95. The van der Waals surface area contributed by atoms with Crippen LogP contribution in [0.5, 0.6) is 0 Å². The number of nitrogens with one attached hydrogen (secondary N) is 2. The Morgan fingerprint density at radius 1 is 1.12 bits per heavy atom. The Morgan fingerprint density at radius 3 is 2.52 bits per heavy atom. The van der Waals surface area contributed by atoms with Gasteiger partial charge >= 0.3 is 12.1 Å². The third kappa shape index (κ3) is 6.40. The van der Waals surface area contributed by atoms with E-state index in [1.807, 2.05) is 11.4 Å². The molecule has 1 fully saturated rings. The minimum Gasteiger partial charge on any atom is -0.349 e. The van der Waals surface area contributed by atoms with Gasteiger partial charge in [-0.25, -0.2) is 0 Å². The van der Waals surface area contributed by atoms with Crippen molar-refractivity contribution in [2.75, 3.05) is 6.54 Å². The molecule has 4 nitrogen and oxygen atoms in total. The maximum Gasteiger partial charge on any atom is 0.471 e. The molecule has 0 aliphatic heterocycles. The molecule has 0 unspecified atom stereocenters. The first kappa shape index (κ1) is 19.3. The zero-order valence-electron chi connectivity index (χ0n) is 14.0. The van der Waals surface area contributed by atoms with E-state index in [1.165, 1.54) is 6.42 Å². The minimum atomic E-state index is -4.85. The molecule has 0 radical (unpaired) electrons. The third-order valence-corrected chi connectivity index (χ3v) is 4.31. The van der Waals surface area contributed by atoms with E-state index in [4.69, 9.17) is 0 Å². The van der Waals surface area contributed by atoms with Crippen molar-refractivity contribution in [1.29, 1.82) is 0 Å². The van der Waals surface area contributed by atoms with Crippen molar-refractivity contribution in [1.82, 2.24) is 10.6 Å². The first-order valence-corrected chi connectivity index (χ1v) is 8.61. The van der Waals surface area contributed by atoms with Crippen LogP contribution in [-0.2, 0) is 11.2 Å². The van der Waals surface area contributed by atoms with Crippen LogP contribution in [0.4, 0.5) is 13.2 Å². The van der Waals surface area contributed by atoms with Gasteiger partial charge in [0.2, 0.25) is 0 Å². The molecule has 0 saturated heterocycles. The van der Waals surface area contributed by atoms with Crippen LogP contribution in [0.15, 0.2) is 24.3 Å². The number of carbonyl (C=O) groups excluding carboxylic acids is 2. The predicted octanol–water partition coefficient (Wildman–Crippen LogP) is 3.36. The number of halogens is 3. The van der Waals surface area contributed by atoms with E-state index in [9.17, 15) is 22.8 Å². The van der Waals surface area contributed by atoms with Gasteiger partial charge < -0.3 is 10.6 Å². The highest BCUT2D eigenvalue weighted by Crippen LogP contribution is 2.18. The summed E-state index contributed by atoms with van der Waals surface area (Å²) in [6.45, 7) is -0.0587. The number of aryl methyl sites for hydroxylation is 1. The fourth-order valence-electron chi connectivity index (χ4n) is 2.98. The Bertz CT molecular complexity index is 596. The Morgan fingerprint density at radius 2 is 1.84 bits per heavy atom. The molecule has 0 aromatic heterocycles. The largest absolute Gasteiger partial charge is 0.471 e. The lowest BCUT2D eigenvalue weighted by Gasteiger charge is -2.22. The summed E-state index contributed by atoms with van der Waals surface area (Å²) in [5.74, 6) is -2.03. The molecular weight excluding hydrogens is 333 g/mol. The van der Waals surface area contributed by atoms with Gasteiger partial charge in [0.05, 0.1) is 0 Å². The molecule has 0 bridgehead atoms. The van der Waals surface area contributed by atoms with E-state index in [2.05, 4.69) is 5.32 Å². The summed E-state index contributed by atoms with van der Waals surface area (Å²) in [6.07, 6.45) is 1.50. The summed E-state index contributed by atoms with van der Waals surface area (Å²) < 4.78 is 36.2. The Hall–Kier alpha value is -2.05. The second kappa shape index (κ2) is 8.87. The molecule has 2 rings (SSSR count). The van der Waals surface area contributed by atoms with Crippen molar-refractivity contribution in [3.63, 3.8) is 0 Å². The summed E-state index contributed by atoms with van der Waals surface area (Å²) in [6, 6.07) is 7.29. The van der Waals surface area contributed by atoms with Crippen LogP contribution < -0.4 is 10.6 Å². The molecule has 25 heavy (non-hydrogen) atoms.